The van der Waals surface area contributed by atoms with Gasteiger partial charge in [0.25, 0.3) is 0 Å². The predicted octanol–water partition coefficient (Wildman–Crippen LogP) is 5.59. The summed E-state index contributed by atoms with van der Waals surface area (Å²) in [7, 11) is 0. The number of hydrogen-bond acceptors (Lipinski definition) is 3. The lowest BCUT2D eigenvalue weighted by Gasteiger charge is -2.27. The fourth-order valence-electron chi connectivity index (χ4n) is 3.49. The van der Waals surface area contributed by atoms with Crippen LogP contribution in [-0.2, 0) is 9.47 Å². The molecule has 3 nitrogen and oxygen atoms in total. The summed E-state index contributed by atoms with van der Waals surface area (Å²) in [5.41, 5.74) is 0. The van der Waals surface area contributed by atoms with Gasteiger partial charge in [-0.25, -0.2) is 0 Å². The summed E-state index contributed by atoms with van der Waals surface area (Å²) in [5, 5.41) is 9.00. The molecule has 1 N–H and O–H groups in total. The third kappa shape index (κ3) is 10.4. The fraction of sp³-hybridized carbons (Fsp3) is 1.00. The molecule has 0 aromatic rings. The molecule has 0 aromatic heterocycles. The van der Waals surface area contributed by atoms with Crippen molar-refractivity contribution < 1.29 is 14.6 Å². The summed E-state index contributed by atoms with van der Waals surface area (Å²) < 4.78 is 11.6. The van der Waals surface area contributed by atoms with Gasteiger partial charge in [0.05, 0.1) is 13.2 Å². The van der Waals surface area contributed by atoms with Gasteiger partial charge in [-0.1, -0.05) is 77.6 Å². The summed E-state index contributed by atoms with van der Waals surface area (Å²) in [4.78, 5) is 0. The number of aliphatic hydroxyl groups excluding tert-OH is 1. The van der Waals surface area contributed by atoms with E-state index in [2.05, 4.69) is 6.92 Å². The molecule has 3 heteroatoms. The van der Waals surface area contributed by atoms with E-state index in [0.29, 0.717) is 13.2 Å². The van der Waals surface area contributed by atoms with Gasteiger partial charge < -0.3 is 14.6 Å². The van der Waals surface area contributed by atoms with Crippen molar-refractivity contribution in [3.05, 3.63) is 0 Å². The number of hydrogen-bond donors (Lipinski definition) is 1. The Kier molecular flexibility index (Phi) is 13.0. The molecule has 0 aromatic carbocycles. The van der Waals surface area contributed by atoms with Crippen molar-refractivity contribution in [3.8, 4) is 0 Å². The largest absolute Gasteiger partial charge is 0.396 e. The predicted molar refractivity (Wildman–Crippen MR) is 96.6 cm³/mol. The molecule has 0 radical (unpaired) electrons. The molecule has 1 aliphatic heterocycles. The second-order valence-corrected chi connectivity index (χ2v) is 7.07. The fourth-order valence-corrected chi connectivity index (χ4v) is 3.49. The van der Waals surface area contributed by atoms with E-state index in [9.17, 15) is 0 Å². The van der Waals surface area contributed by atoms with Crippen molar-refractivity contribution in [1.29, 1.82) is 0 Å². The smallest absolute Gasteiger partial charge is 0.168 e. The third-order valence-electron chi connectivity index (χ3n) is 4.94. The zero-order chi connectivity index (χ0) is 16.6. The van der Waals surface area contributed by atoms with E-state index in [0.717, 1.165) is 19.3 Å². The second-order valence-electron chi connectivity index (χ2n) is 7.07. The van der Waals surface area contributed by atoms with E-state index in [4.69, 9.17) is 14.6 Å². The third-order valence-corrected chi connectivity index (χ3v) is 4.94. The summed E-state index contributed by atoms with van der Waals surface area (Å²) in [6.45, 7) is 3.93. The monoisotopic (exact) mass is 328 g/mol. The number of aliphatic hydroxyl groups is 1. The topological polar surface area (TPSA) is 38.7 Å². The van der Waals surface area contributed by atoms with E-state index in [1.54, 1.807) is 0 Å². The first-order chi connectivity index (χ1) is 11.3. The highest BCUT2D eigenvalue weighted by Gasteiger charge is 2.34. The van der Waals surface area contributed by atoms with Gasteiger partial charge in [-0.3, -0.25) is 0 Å². The van der Waals surface area contributed by atoms with Gasteiger partial charge in [0.1, 0.15) is 0 Å². The maximum Gasteiger partial charge on any atom is 0.168 e. The van der Waals surface area contributed by atoms with Crippen molar-refractivity contribution in [2.24, 2.45) is 0 Å². The Balaban J connectivity index is 1.88. The lowest BCUT2D eigenvalue weighted by Crippen LogP contribution is -2.30. The summed E-state index contributed by atoms with van der Waals surface area (Å²) in [5.74, 6) is -0.374. The van der Waals surface area contributed by atoms with Crippen LogP contribution in [0, 0.1) is 0 Å². The summed E-state index contributed by atoms with van der Waals surface area (Å²) in [6.07, 6.45) is 19.1. The zero-order valence-electron chi connectivity index (χ0n) is 15.5. The van der Waals surface area contributed by atoms with Gasteiger partial charge >= 0.3 is 0 Å². The van der Waals surface area contributed by atoms with Crippen LogP contribution in [0.25, 0.3) is 0 Å². The molecule has 1 fully saturated rings. The maximum absolute atomic E-state index is 9.00. The Morgan fingerprint density at radius 1 is 0.652 bits per heavy atom. The molecule has 0 bridgehead atoms. The first-order valence-electron chi connectivity index (χ1n) is 10.2. The van der Waals surface area contributed by atoms with Crippen molar-refractivity contribution in [2.45, 2.75) is 109 Å². The van der Waals surface area contributed by atoms with Gasteiger partial charge in [-0.15, -0.1) is 0 Å². The van der Waals surface area contributed by atoms with Gasteiger partial charge in [-0.05, 0) is 12.8 Å². The molecule has 138 valence electrons. The highest BCUT2D eigenvalue weighted by molar-refractivity contribution is 4.74. The highest BCUT2D eigenvalue weighted by atomic mass is 16.7. The normalized spacial score (nSPS) is 17.0. The van der Waals surface area contributed by atoms with Crippen LogP contribution in [0.1, 0.15) is 103 Å². The first-order valence-corrected chi connectivity index (χ1v) is 10.2. The molecule has 0 spiro atoms. The Morgan fingerprint density at radius 2 is 1.09 bits per heavy atom. The van der Waals surface area contributed by atoms with E-state index in [-0.39, 0.29) is 12.4 Å². The molecular formula is C20H40O3. The van der Waals surface area contributed by atoms with Crippen molar-refractivity contribution in [3.63, 3.8) is 0 Å². The SMILES string of the molecule is CCCCCCCCCCCCCCC1(CCCO)OCCO1. The number of rotatable bonds is 16. The van der Waals surface area contributed by atoms with Gasteiger partial charge in [-0.2, -0.15) is 0 Å². The summed E-state index contributed by atoms with van der Waals surface area (Å²) in [6, 6.07) is 0. The zero-order valence-corrected chi connectivity index (χ0v) is 15.5. The molecule has 23 heavy (non-hydrogen) atoms. The average Bonchev–Trinajstić information content (AvgIpc) is 3.03. The minimum atomic E-state index is -0.374. The van der Waals surface area contributed by atoms with Crippen LogP contribution in [0.15, 0.2) is 0 Å². The average molecular weight is 329 g/mol. The van der Waals surface area contributed by atoms with Crippen LogP contribution in [0.2, 0.25) is 0 Å². The lowest BCUT2D eigenvalue weighted by molar-refractivity contribution is -0.169. The Labute approximate surface area is 144 Å². The highest BCUT2D eigenvalue weighted by Crippen LogP contribution is 2.30. The summed E-state index contributed by atoms with van der Waals surface area (Å²) >= 11 is 0. The van der Waals surface area contributed by atoms with Crippen molar-refractivity contribution in [2.75, 3.05) is 19.8 Å². The van der Waals surface area contributed by atoms with Crippen LogP contribution in [0.3, 0.4) is 0 Å². The Morgan fingerprint density at radius 3 is 1.57 bits per heavy atom. The van der Waals surface area contributed by atoms with Crippen LogP contribution < -0.4 is 0 Å². The van der Waals surface area contributed by atoms with Crippen LogP contribution in [-0.4, -0.2) is 30.7 Å². The van der Waals surface area contributed by atoms with E-state index < -0.39 is 0 Å². The van der Waals surface area contributed by atoms with Crippen molar-refractivity contribution in [1.82, 2.24) is 0 Å². The van der Waals surface area contributed by atoms with Crippen LogP contribution in [0.5, 0.6) is 0 Å². The second kappa shape index (κ2) is 14.2. The minimum Gasteiger partial charge on any atom is -0.396 e. The van der Waals surface area contributed by atoms with Crippen LogP contribution >= 0.6 is 0 Å². The minimum absolute atomic E-state index is 0.229. The molecule has 0 amide bonds. The van der Waals surface area contributed by atoms with Gasteiger partial charge in [0.15, 0.2) is 5.79 Å². The Hall–Kier alpha value is -0.120. The maximum atomic E-state index is 9.00. The first kappa shape index (κ1) is 20.9. The molecule has 0 atom stereocenters. The van der Waals surface area contributed by atoms with Crippen LogP contribution in [0.4, 0.5) is 0 Å². The number of ether oxygens (including phenoxy) is 2. The molecule has 1 rings (SSSR count). The van der Waals surface area contributed by atoms with Gasteiger partial charge in [0, 0.05) is 19.4 Å². The van der Waals surface area contributed by atoms with Crippen molar-refractivity contribution >= 4 is 0 Å². The molecule has 0 saturated carbocycles. The molecule has 1 saturated heterocycles. The lowest BCUT2D eigenvalue weighted by atomic mass is 10.0. The standard InChI is InChI=1S/C20H40O3/c1-2-3-4-5-6-7-8-9-10-11-12-13-15-20(16-14-17-21)22-18-19-23-20/h21H,2-19H2,1H3. The van der Waals surface area contributed by atoms with E-state index >= 15 is 0 Å². The molecular weight excluding hydrogens is 288 g/mol. The Bertz CT molecular complexity index is 249. The molecule has 1 heterocycles. The molecule has 0 aliphatic carbocycles. The van der Waals surface area contributed by atoms with E-state index in [1.165, 1.54) is 77.0 Å². The quantitative estimate of drug-likeness (QED) is 0.375. The van der Waals surface area contributed by atoms with Gasteiger partial charge in [0.2, 0.25) is 0 Å². The van der Waals surface area contributed by atoms with E-state index in [1.807, 2.05) is 0 Å². The molecule has 0 unspecified atom stereocenters. The molecule has 1 aliphatic rings. The number of unbranched alkanes of at least 4 members (excludes halogenated alkanes) is 11.